The van der Waals surface area contributed by atoms with Gasteiger partial charge in [0.25, 0.3) is 5.78 Å². The summed E-state index contributed by atoms with van der Waals surface area (Å²) in [5.74, 6) is -1.01. The molecule has 0 atom stereocenters. The summed E-state index contributed by atoms with van der Waals surface area (Å²) in [5, 5.41) is 0.349. The van der Waals surface area contributed by atoms with E-state index in [-0.39, 0.29) is 5.56 Å². The van der Waals surface area contributed by atoms with E-state index >= 15 is 0 Å². The maximum atomic E-state index is 13.0. The maximum absolute atomic E-state index is 13.0. The van der Waals surface area contributed by atoms with Crippen LogP contribution in [0.2, 0.25) is 0 Å². The van der Waals surface area contributed by atoms with Crippen LogP contribution in [0.5, 0.6) is 5.75 Å². The molecule has 0 radical (unpaired) electrons. The van der Waals surface area contributed by atoms with Crippen LogP contribution in [0.25, 0.3) is 10.9 Å². The number of aryl methyl sites for hydroxylation is 3. The van der Waals surface area contributed by atoms with Gasteiger partial charge in [0.1, 0.15) is 5.75 Å². The number of ether oxygens (including phenoxy) is 1. The number of carbonyl (C=O) groups excluding carboxylic acids is 1. The van der Waals surface area contributed by atoms with Gasteiger partial charge in [-0.05, 0) is 37.0 Å². The normalized spacial score (nSPS) is 11.8. The summed E-state index contributed by atoms with van der Waals surface area (Å²) < 4.78 is 46.5. The first-order chi connectivity index (χ1) is 13.3. The van der Waals surface area contributed by atoms with Crippen LogP contribution in [0.1, 0.15) is 34.8 Å². The molecule has 1 heterocycles. The number of rotatable bonds is 7. The van der Waals surface area contributed by atoms with Gasteiger partial charge in [-0.3, -0.25) is 4.79 Å². The number of hydrogen-bond donors (Lipinski definition) is 0. The van der Waals surface area contributed by atoms with Gasteiger partial charge in [0.05, 0.1) is 17.7 Å². The number of carbonyl (C=O) groups is 1. The number of hydrogen-bond acceptors (Lipinski definition) is 2. The van der Waals surface area contributed by atoms with E-state index in [0.717, 1.165) is 16.9 Å². The van der Waals surface area contributed by atoms with Gasteiger partial charge >= 0.3 is 6.18 Å². The predicted molar refractivity (Wildman–Crippen MR) is 103 cm³/mol. The van der Waals surface area contributed by atoms with Gasteiger partial charge < -0.3 is 9.30 Å². The van der Waals surface area contributed by atoms with E-state index in [1.54, 1.807) is 16.7 Å². The molecule has 148 valence electrons. The highest BCUT2D eigenvalue weighted by molar-refractivity contribution is 6.11. The second-order valence-corrected chi connectivity index (χ2v) is 6.70. The van der Waals surface area contributed by atoms with Crippen molar-refractivity contribution in [1.29, 1.82) is 0 Å². The van der Waals surface area contributed by atoms with E-state index in [1.807, 2.05) is 44.2 Å². The molecule has 0 unspecified atom stereocenters. The molecular weight excluding hydrogens is 367 g/mol. The van der Waals surface area contributed by atoms with E-state index in [0.29, 0.717) is 36.9 Å². The van der Waals surface area contributed by atoms with E-state index in [1.165, 1.54) is 6.20 Å². The van der Waals surface area contributed by atoms with E-state index in [4.69, 9.17) is 4.74 Å². The third-order valence-corrected chi connectivity index (χ3v) is 4.76. The van der Waals surface area contributed by atoms with Gasteiger partial charge in [0, 0.05) is 18.1 Å². The van der Waals surface area contributed by atoms with Crippen molar-refractivity contribution in [2.75, 3.05) is 6.61 Å². The molecule has 3 aromatic rings. The third kappa shape index (κ3) is 4.06. The van der Waals surface area contributed by atoms with Crippen molar-refractivity contribution in [3.05, 3.63) is 65.4 Å². The minimum absolute atomic E-state index is 0.294. The first-order valence-corrected chi connectivity index (χ1v) is 9.23. The number of Topliss-reactive ketones (excluding diaryl/α,β-unsaturated/α-hetero) is 1. The Bertz CT molecular complexity index is 989. The quantitative estimate of drug-likeness (QED) is 0.382. The minimum Gasteiger partial charge on any atom is -0.493 e. The van der Waals surface area contributed by atoms with Crippen molar-refractivity contribution < 1.29 is 22.7 Å². The van der Waals surface area contributed by atoms with Gasteiger partial charge in [-0.25, -0.2) is 0 Å². The summed E-state index contributed by atoms with van der Waals surface area (Å²) in [4.78, 5) is 11.9. The van der Waals surface area contributed by atoms with Gasteiger partial charge in [-0.15, -0.1) is 0 Å². The lowest BCUT2D eigenvalue weighted by Crippen LogP contribution is -2.22. The van der Waals surface area contributed by atoms with Crippen molar-refractivity contribution in [2.45, 2.75) is 39.4 Å². The smallest absolute Gasteiger partial charge is 0.454 e. The number of ketones is 1. The molecule has 6 heteroatoms. The first kappa shape index (κ1) is 20.0. The van der Waals surface area contributed by atoms with Crippen LogP contribution in [-0.2, 0) is 13.0 Å². The molecule has 3 nitrogen and oxygen atoms in total. The van der Waals surface area contributed by atoms with Crippen LogP contribution in [0.4, 0.5) is 13.2 Å². The van der Waals surface area contributed by atoms with Gasteiger partial charge in [-0.2, -0.15) is 13.2 Å². The largest absolute Gasteiger partial charge is 0.493 e. The van der Waals surface area contributed by atoms with Crippen molar-refractivity contribution in [1.82, 2.24) is 4.57 Å². The fraction of sp³-hybridized carbons (Fsp3) is 0.318. The first-order valence-electron chi connectivity index (χ1n) is 9.23. The van der Waals surface area contributed by atoms with E-state index < -0.39 is 12.0 Å². The Morgan fingerprint density at radius 1 is 1.11 bits per heavy atom. The lowest BCUT2D eigenvalue weighted by atomic mass is 10.0. The van der Waals surface area contributed by atoms with Gasteiger partial charge in [0.2, 0.25) is 0 Å². The lowest BCUT2D eigenvalue weighted by molar-refractivity contribution is -0.0884. The van der Waals surface area contributed by atoms with Gasteiger partial charge in [0.15, 0.2) is 0 Å². The average Bonchev–Trinajstić information content (AvgIpc) is 3.04. The van der Waals surface area contributed by atoms with Crippen molar-refractivity contribution in [3.8, 4) is 5.75 Å². The predicted octanol–water partition coefficient (Wildman–Crippen LogP) is 5.73. The average molecular weight is 389 g/mol. The summed E-state index contributed by atoms with van der Waals surface area (Å²) in [6, 6.07) is 12.8. The molecular formula is C22H22F3NO2. The third-order valence-electron chi connectivity index (χ3n) is 4.76. The van der Waals surface area contributed by atoms with Crippen molar-refractivity contribution in [3.63, 3.8) is 0 Å². The molecule has 0 N–H and O–H groups in total. The molecule has 3 rings (SSSR count). The number of nitrogens with zero attached hydrogens (tertiary/aromatic N) is 1. The highest BCUT2D eigenvalue weighted by Gasteiger charge is 2.40. The monoisotopic (exact) mass is 389 g/mol. The Balaban J connectivity index is 1.84. The van der Waals surface area contributed by atoms with Crippen LogP contribution in [0.3, 0.4) is 0 Å². The molecule has 0 aliphatic heterocycles. The van der Waals surface area contributed by atoms with Crippen LogP contribution in [0, 0.1) is 6.92 Å². The number of para-hydroxylation sites is 2. The number of fused-ring (bicyclic) bond motifs is 1. The Morgan fingerprint density at radius 3 is 2.54 bits per heavy atom. The standard InChI is InChI=1S/C22H22F3NO2/c1-3-16-9-6-10-17-18(21(27)22(23,24)25)14-26(20(16)17)12-7-13-28-19-11-5-4-8-15(19)2/h4-6,8-11,14H,3,7,12-13H2,1-2H3. The van der Waals surface area contributed by atoms with Crippen LogP contribution < -0.4 is 4.74 Å². The van der Waals surface area contributed by atoms with Crippen LogP contribution >= 0.6 is 0 Å². The number of aromatic nitrogens is 1. The molecule has 0 aliphatic rings. The molecule has 28 heavy (non-hydrogen) atoms. The van der Waals surface area contributed by atoms with Crippen molar-refractivity contribution >= 4 is 16.7 Å². The molecule has 2 aromatic carbocycles. The molecule has 1 aromatic heterocycles. The van der Waals surface area contributed by atoms with Crippen LogP contribution in [-0.4, -0.2) is 23.1 Å². The maximum Gasteiger partial charge on any atom is 0.454 e. The zero-order valence-electron chi connectivity index (χ0n) is 15.8. The summed E-state index contributed by atoms with van der Waals surface area (Å²) in [6.07, 6.45) is -2.29. The molecule has 0 amide bonds. The summed E-state index contributed by atoms with van der Waals surface area (Å²) >= 11 is 0. The Labute approximate surface area is 161 Å². The number of halogens is 3. The highest BCUT2D eigenvalue weighted by atomic mass is 19.4. The SMILES string of the molecule is CCc1cccc2c(C(=O)C(F)(F)F)cn(CCCOc3ccccc3C)c12. The molecule has 0 aliphatic carbocycles. The topological polar surface area (TPSA) is 31.2 Å². The van der Waals surface area contributed by atoms with Crippen LogP contribution in [0.15, 0.2) is 48.7 Å². The lowest BCUT2D eigenvalue weighted by Gasteiger charge is -2.11. The van der Waals surface area contributed by atoms with Gasteiger partial charge in [-0.1, -0.05) is 43.3 Å². The number of benzene rings is 2. The fourth-order valence-electron chi connectivity index (χ4n) is 3.37. The Hall–Kier alpha value is -2.76. The summed E-state index contributed by atoms with van der Waals surface area (Å²) in [7, 11) is 0. The minimum atomic E-state index is -4.89. The zero-order chi connectivity index (χ0) is 20.3. The Morgan fingerprint density at radius 2 is 1.86 bits per heavy atom. The summed E-state index contributed by atoms with van der Waals surface area (Å²) in [5.41, 5.74) is 2.34. The molecule has 0 spiro atoms. The second kappa shape index (κ2) is 8.09. The highest BCUT2D eigenvalue weighted by Crippen LogP contribution is 2.31. The Kier molecular flexibility index (Phi) is 5.77. The fourth-order valence-corrected chi connectivity index (χ4v) is 3.37. The van der Waals surface area contributed by atoms with Crippen molar-refractivity contribution in [2.24, 2.45) is 0 Å². The second-order valence-electron chi connectivity index (χ2n) is 6.70. The number of alkyl halides is 3. The van der Waals surface area contributed by atoms with E-state index in [2.05, 4.69) is 0 Å². The van der Waals surface area contributed by atoms with E-state index in [9.17, 15) is 18.0 Å². The molecule has 0 saturated heterocycles. The zero-order valence-corrected chi connectivity index (χ0v) is 15.8. The molecule has 0 fully saturated rings. The molecule has 0 bridgehead atoms. The molecule has 0 saturated carbocycles. The summed E-state index contributed by atoms with van der Waals surface area (Å²) in [6.45, 7) is 4.79.